The normalized spacial score (nSPS) is 12.6. The summed E-state index contributed by atoms with van der Waals surface area (Å²) in [5.41, 5.74) is 5.60. The van der Waals surface area contributed by atoms with Crippen molar-refractivity contribution in [1.82, 2.24) is 5.32 Å². The largest absolute Gasteiger partial charge is 0.310 e. The molecule has 1 N–H and O–H groups in total. The first-order valence-electron chi connectivity index (χ1n) is 6.91. The highest BCUT2D eigenvalue weighted by molar-refractivity contribution is 7.09. The van der Waals surface area contributed by atoms with E-state index in [0.29, 0.717) is 6.04 Å². The van der Waals surface area contributed by atoms with Crippen LogP contribution in [0.15, 0.2) is 29.6 Å². The fraction of sp³-hybridized carbons (Fsp3) is 0.412. The lowest BCUT2D eigenvalue weighted by Gasteiger charge is -2.19. The molecule has 0 aliphatic heterocycles. The monoisotopic (exact) mass is 273 g/mol. The standard InChI is InChI=1S/C17H23NS/c1-12-10-13(2)17(14(3)11-12)15(4)18-8-7-16-6-5-9-19-16/h5-6,9-11,15,18H,7-8H2,1-4H3. The summed E-state index contributed by atoms with van der Waals surface area (Å²) in [6.07, 6.45) is 1.12. The van der Waals surface area contributed by atoms with Gasteiger partial charge in [0.25, 0.3) is 0 Å². The zero-order chi connectivity index (χ0) is 13.8. The maximum Gasteiger partial charge on any atom is 0.0297 e. The number of nitrogens with one attached hydrogen (secondary N) is 1. The SMILES string of the molecule is Cc1cc(C)c(C(C)NCCc2cccs2)c(C)c1. The Bertz CT molecular complexity index is 505. The molecule has 0 amide bonds. The van der Waals surface area contributed by atoms with Crippen LogP contribution in [0.4, 0.5) is 0 Å². The average Bonchev–Trinajstić information content (AvgIpc) is 2.80. The summed E-state index contributed by atoms with van der Waals surface area (Å²) in [5, 5.41) is 5.79. The van der Waals surface area contributed by atoms with E-state index in [1.165, 1.54) is 27.1 Å². The van der Waals surface area contributed by atoms with Gasteiger partial charge in [0.2, 0.25) is 0 Å². The molecule has 2 heteroatoms. The first-order valence-corrected chi connectivity index (χ1v) is 7.79. The van der Waals surface area contributed by atoms with Gasteiger partial charge in [-0.3, -0.25) is 0 Å². The van der Waals surface area contributed by atoms with E-state index in [2.05, 4.69) is 62.7 Å². The second kappa shape index (κ2) is 6.36. The van der Waals surface area contributed by atoms with E-state index < -0.39 is 0 Å². The molecule has 0 aliphatic rings. The molecule has 1 heterocycles. The molecule has 0 spiro atoms. The van der Waals surface area contributed by atoms with Crippen molar-refractivity contribution in [2.75, 3.05) is 6.54 Å². The Hall–Kier alpha value is -1.12. The van der Waals surface area contributed by atoms with Crippen molar-refractivity contribution in [2.45, 2.75) is 40.2 Å². The average molecular weight is 273 g/mol. The lowest BCUT2D eigenvalue weighted by molar-refractivity contribution is 0.573. The third kappa shape index (κ3) is 3.68. The van der Waals surface area contributed by atoms with Crippen LogP contribution in [0.5, 0.6) is 0 Å². The number of hydrogen-bond acceptors (Lipinski definition) is 2. The van der Waals surface area contributed by atoms with Crippen LogP contribution >= 0.6 is 11.3 Å². The summed E-state index contributed by atoms with van der Waals surface area (Å²) >= 11 is 1.84. The van der Waals surface area contributed by atoms with E-state index in [9.17, 15) is 0 Å². The lowest BCUT2D eigenvalue weighted by Crippen LogP contribution is -2.22. The van der Waals surface area contributed by atoms with Gasteiger partial charge in [0.1, 0.15) is 0 Å². The molecule has 0 aliphatic carbocycles. The summed E-state index contributed by atoms with van der Waals surface area (Å²) in [6, 6.07) is 9.30. The molecule has 0 saturated carbocycles. The minimum absolute atomic E-state index is 0.417. The van der Waals surface area contributed by atoms with Gasteiger partial charge in [-0.05, 0) is 62.3 Å². The van der Waals surface area contributed by atoms with Crippen molar-refractivity contribution >= 4 is 11.3 Å². The van der Waals surface area contributed by atoms with Crippen LogP contribution < -0.4 is 5.32 Å². The molecule has 102 valence electrons. The summed E-state index contributed by atoms with van der Waals surface area (Å²) < 4.78 is 0. The zero-order valence-electron chi connectivity index (χ0n) is 12.3. The van der Waals surface area contributed by atoms with Gasteiger partial charge in [-0.25, -0.2) is 0 Å². The number of aryl methyl sites for hydroxylation is 3. The summed E-state index contributed by atoms with van der Waals surface area (Å²) in [7, 11) is 0. The molecule has 1 atom stereocenters. The molecular weight excluding hydrogens is 250 g/mol. The molecule has 0 saturated heterocycles. The Morgan fingerprint density at radius 3 is 2.42 bits per heavy atom. The van der Waals surface area contributed by atoms with Gasteiger partial charge in [0, 0.05) is 17.5 Å². The molecular formula is C17H23NS. The van der Waals surface area contributed by atoms with Crippen LogP contribution in [0.3, 0.4) is 0 Å². The molecule has 19 heavy (non-hydrogen) atoms. The minimum atomic E-state index is 0.417. The van der Waals surface area contributed by atoms with Crippen LogP contribution in [0.1, 0.15) is 40.1 Å². The van der Waals surface area contributed by atoms with Gasteiger partial charge in [0.15, 0.2) is 0 Å². The fourth-order valence-corrected chi connectivity index (χ4v) is 3.55. The molecule has 0 fully saturated rings. The van der Waals surface area contributed by atoms with Gasteiger partial charge >= 0.3 is 0 Å². The van der Waals surface area contributed by atoms with E-state index in [-0.39, 0.29) is 0 Å². The maximum atomic E-state index is 3.64. The van der Waals surface area contributed by atoms with E-state index in [1.807, 2.05) is 11.3 Å². The van der Waals surface area contributed by atoms with E-state index in [4.69, 9.17) is 0 Å². The van der Waals surface area contributed by atoms with Gasteiger partial charge < -0.3 is 5.32 Å². The Kier molecular flexibility index (Phi) is 4.78. The zero-order valence-corrected chi connectivity index (χ0v) is 13.1. The van der Waals surface area contributed by atoms with Crippen molar-refractivity contribution < 1.29 is 0 Å². The number of hydrogen-bond donors (Lipinski definition) is 1. The van der Waals surface area contributed by atoms with Crippen molar-refractivity contribution in [3.05, 3.63) is 56.8 Å². The molecule has 0 radical (unpaired) electrons. The molecule has 1 aromatic heterocycles. The second-order valence-electron chi connectivity index (χ2n) is 5.32. The van der Waals surface area contributed by atoms with E-state index in [1.54, 1.807) is 0 Å². The Balaban J connectivity index is 1.98. The highest BCUT2D eigenvalue weighted by Crippen LogP contribution is 2.23. The van der Waals surface area contributed by atoms with E-state index in [0.717, 1.165) is 13.0 Å². The molecule has 1 unspecified atom stereocenters. The molecule has 2 aromatic rings. The van der Waals surface area contributed by atoms with Crippen LogP contribution in [-0.4, -0.2) is 6.54 Å². The highest BCUT2D eigenvalue weighted by Gasteiger charge is 2.11. The topological polar surface area (TPSA) is 12.0 Å². The van der Waals surface area contributed by atoms with Crippen LogP contribution in [0.25, 0.3) is 0 Å². The van der Waals surface area contributed by atoms with Crippen molar-refractivity contribution in [3.63, 3.8) is 0 Å². The van der Waals surface area contributed by atoms with Crippen molar-refractivity contribution in [2.24, 2.45) is 0 Å². The Labute approximate surface area is 120 Å². The predicted molar refractivity (Wildman–Crippen MR) is 85.1 cm³/mol. The summed E-state index contributed by atoms with van der Waals surface area (Å²) in [4.78, 5) is 1.46. The smallest absolute Gasteiger partial charge is 0.0297 e. The van der Waals surface area contributed by atoms with Crippen LogP contribution in [0, 0.1) is 20.8 Å². The number of rotatable bonds is 5. The molecule has 0 bridgehead atoms. The first kappa shape index (κ1) is 14.3. The van der Waals surface area contributed by atoms with Crippen LogP contribution in [-0.2, 0) is 6.42 Å². The van der Waals surface area contributed by atoms with Gasteiger partial charge in [0.05, 0.1) is 0 Å². The minimum Gasteiger partial charge on any atom is -0.310 e. The number of thiophene rings is 1. The third-order valence-electron chi connectivity index (χ3n) is 3.57. The Morgan fingerprint density at radius 2 is 1.84 bits per heavy atom. The quantitative estimate of drug-likeness (QED) is 0.841. The summed E-state index contributed by atoms with van der Waals surface area (Å²) in [5.74, 6) is 0. The van der Waals surface area contributed by atoms with Gasteiger partial charge in [-0.15, -0.1) is 11.3 Å². The maximum absolute atomic E-state index is 3.64. The number of benzene rings is 1. The van der Waals surface area contributed by atoms with Gasteiger partial charge in [-0.1, -0.05) is 23.8 Å². The first-order chi connectivity index (χ1) is 9.08. The molecule has 2 rings (SSSR count). The van der Waals surface area contributed by atoms with E-state index >= 15 is 0 Å². The van der Waals surface area contributed by atoms with Crippen LogP contribution in [0.2, 0.25) is 0 Å². The highest BCUT2D eigenvalue weighted by atomic mass is 32.1. The summed E-state index contributed by atoms with van der Waals surface area (Å²) in [6.45, 7) is 9.89. The fourth-order valence-electron chi connectivity index (χ4n) is 2.84. The predicted octanol–water partition coefficient (Wildman–Crippen LogP) is 4.57. The van der Waals surface area contributed by atoms with Crippen molar-refractivity contribution in [3.8, 4) is 0 Å². The third-order valence-corrected chi connectivity index (χ3v) is 4.51. The van der Waals surface area contributed by atoms with Gasteiger partial charge in [-0.2, -0.15) is 0 Å². The van der Waals surface area contributed by atoms with Crippen molar-refractivity contribution in [1.29, 1.82) is 0 Å². The molecule has 1 aromatic carbocycles. The molecule has 1 nitrogen and oxygen atoms in total. The second-order valence-corrected chi connectivity index (χ2v) is 6.35. The lowest BCUT2D eigenvalue weighted by atomic mass is 9.95. The Morgan fingerprint density at radius 1 is 1.16 bits per heavy atom.